The van der Waals surface area contributed by atoms with Gasteiger partial charge in [0.15, 0.2) is 0 Å². The molecule has 0 aromatic heterocycles. The van der Waals surface area contributed by atoms with E-state index in [1.807, 2.05) is 27.7 Å². The molecule has 0 aliphatic rings. The highest BCUT2D eigenvalue weighted by molar-refractivity contribution is 7.89. The summed E-state index contributed by atoms with van der Waals surface area (Å²) in [6, 6.07) is 4.94. The van der Waals surface area contributed by atoms with Gasteiger partial charge >= 0.3 is 0 Å². The van der Waals surface area contributed by atoms with E-state index in [0.717, 1.165) is 11.1 Å². The molecule has 1 rings (SSSR count). The van der Waals surface area contributed by atoms with Crippen LogP contribution in [0.1, 0.15) is 31.9 Å². The van der Waals surface area contributed by atoms with E-state index in [9.17, 15) is 8.42 Å². The predicted octanol–water partition coefficient (Wildman–Crippen LogP) is 1.72. The molecule has 2 N–H and O–H groups in total. The van der Waals surface area contributed by atoms with E-state index in [1.165, 1.54) is 4.31 Å². The topological polar surface area (TPSA) is 63.4 Å². The van der Waals surface area contributed by atoms with E-state index in [4.69, 9.17) is 5.73 Å². The van der Waals surface area contributed by atoms with Crippen LogP contribution in [0, 0.1) is 18.8 Å². The quantitative estimate of drug-likeness (QED) is 0.860. The van der Waals surface area contributed by atoms with Gasteiger partial charge in [0.05, 0.1) is 11.4 Å². The molecule has 0 saturated heterocycles. The van der Waals surface area contributed by atoms with E-state index in [0.29, 0.717) is 11.4 Å². The summed E-state index contributed by atoms with van der Waals surface area (Å²) in [4.78, 5) is 0.309. The lowest BCUT2D eigenvalue weighted by atomic mass is 10.1. The molecule has 0 unspecified atom stereocenters. The monoisotopic (exact) mass is 294 g/mol. The minimum Gasteiger partial charge on any atom is -0.320 e. The number of sulfonamides is 1. The highest BCUT2D eigenvalue weighted by atomic mass is 32.2. The SMILES string of the molecule is CCN(C(C)C)S(=O)(=O)c1ccc(C#CCN)c(C)c1. The van der Waals surface area contributed by atoms with Crippen LogP contribution >= 0.6 is 0 Å². The Kier molecular flexibility index (Phi) is 5.75. The Morgan fingerprint density at radius 3 is 2.45 bits per heavy atom. The van der Waals surface area contributed by atoms with Crippen molar-refractivity contribution in [2.45, 2.75) is 38.6 Å². The number of nitrogens with two attached hydrogens (primary N) is 1. The van der Waals surface area contributed by atoms with Crippen molar-refractivity contribution in [1.82, 2.24) is 4.31 Å². The van der Waals surface area contributed by atoms with Gasteiger partial charge in [0.1, 0.15) is 0 Å². The Balaban J connectivity index is 3.24. The molecule has 5 heteroatoms. The maximum absolute atomic E-state index is 12.6. The molecule has 0 heterocycles. The second-order valence-corrected chi connectivity index (χ2v) is 6.68. The Bertz CT molecular complexity index is 625. The summed E-state index contributed by atoms with van der Waals surface area (Å²) < 4.78 is 26.6. The molecular weight excluding hydrogens is 272 g/mol. The van der Waals surface area contributed by atoms with Crippen LogP contribution in [0.5, 0.6) is 0 Å². The van der Waals surface area contributed by atoms with Gasteiger partial charge in [-0.2, -0.15) is 4.31 Å². The predicted molar refractivity (Wildman–Crippen MR) is 81.8 cm³/mol. The lowest BCUT2D eigenvalue weighted by Crippen LogP contribution is -2.36. The van der Waals surface area contributed by atoms with Gasteiger partial charge in [0.2, 0.25) is 10.0 Å². The zero-order valence-corrected chi connectivity index (χ0v) is 13.3. The summed E-state index contributed by atoms with van der Waals surface area (Å²) in [7, 11) is -3.45. The zero-order chi connectivity index (χ0) is 15.3. The van der Waals surface area contributed by atoms with Gasteiger partial charge in [-0.3, -0.25) is 0 Å². The van der Waals surface area contributed by atoms with Gasteiger partial charge in [0, 0.05) is 18.2 Å². The largest absolute Gasteiger partial charge is 0.320 e. The first-order valence-corrected chi connectivity index (χ1v) is 8.10. The van der Waals surface area contributed by atoms with Crippen LogP contribution < -0.4 is 5.73 Å². The van der Waals surface area contributed by atoms with Crippen LogP contribution in [0.15, 0.2) is 23.1 Å². The molecule has 0 fully saturated rings. The number of aryl methyl sites for hydroxylation is 1. The third-order valence-electron chi connectivity index (χ3n) is 3.02. The summed E-state index contributed by atoms with van der Waals surface area (Å²) >= 11 is 0. The van der Waals surface area contributed by atoms with E-state index >= 15 is 0 Å². The van der Waals surface area contributed by atoms with Gasteiger partial charge in [-0.15, -0.1) is 0 Å². The Labute approximate surface area is 122 Å². The number of benzene rings is 1. The number of nitrogens with zero attached hydrogens (tertiary/aromatic N) is 1. The summed E-state index contributed by atoms with van der Waals surface area (Å²) in [5, 5.41) is 0. The maximum Gasteiger partial charge on any atom is 0.243 e. The van der Waals surface area contributed by atoms with Crippen molar-refractivity contribution >= 4 is 10.0 Å². The molecule has 0 atom stereocenters. The fraction of sp³-hybridized carbons (Fsp3) is 0.467. The number of rotatable bonds is 4. The first kappa shape index (κ1) is 16.7. The highest BCUT2D eigenvalue weighted by Gasteiger charge is 2.25. The summed E-state index contributed by atoms with van der Waals surface area (Å²) in [6.07, 6.45) is 0. The molecule has 0 radical (unpaired) electrons. The van der Waals surface area contributed by atoms with Crippen molar-refractivity contribution in [3.63, 3.8) is 0 Å². The van der Waals surface area contributed by atoms with E-state index < -0.39 is 10.0 Å². The van der Waals surface area contributed by atoms with Crippen LogP contribution in [-0.2, 0) is 10.0 Å². The second-order valence-electron chi connectivity index (χ2n) is 4.78. The lowest BCUT2D eigenvalue weighted by molar-refractivity contribution is 0.369. The second kappa shape index (κ2) is 6.89. The van der Waals surface area contributed by atoms with Crippen molar-refractivity contribution in [2.24, 2.45) is 5.73 Å². The summed E-state index contributed by atoms with van der Waals surface area (Å²) in [6.45, 7) is 8.17. The third-order valence-corrected chi connectivity index (χ3v) is 5.16. The summed E-state index contributed by atoms with van der Waals surface area (Å²) in [5.74, 6) is 5.71. The van der Waals surface area contributed by atoms with Crippen molar-refractivity contribution in [2.75, 3.05) is 13.1 Å². The molecule has 0 saturated carbocycles. The molecule has 110 valence electrons. The lowest BCUT2D eigenvalue weighted by Gasteiger charge is -2.24. The highest BCUT2D eigenvalue weighted by Crippen LogP contribution is 2.20. The standard InChI is InChI=1S/C15H22N2O2S/c1-5-17(12(2)3)20(18,19)15-9-8-14(7-6-10-16)13(4)11-15/h8-9,11-12H,5,10,16H2,1-4H3. The smallest absolute Gasteiger partial charge is 0.243 e. The molecular formula is C15H22N2O2S. The molecule has 4 nitrogen and oxygen atoms in total. The van der Waals surface area contributed by atoms with Crippen molar-refractivity contribution in [1.29, 1.82) is 0 Å². The van der Waals surface area contributed by atoms with Crippen molar-refractivity contribution < 1.29 is 8.42 Å². The fourth-order valence-electron chi connectivity index (χ4n) is 2.03. The average molecular weight is 294 g/mol. The first-order valence-electron chi connectivity index (χ1n) is 6.66. The van der Waals surface area contributed by atoms with Crippen LogP contribution in [-0.4, -0.2) is 31.9 Å². The Morgan fingerprint density at radius 2 is 2.00 bits per heavy atom. The van der Waals surface area contributed by atoms with Crippen LogP contribution in [0.2, 0.25) is 0 Å². The molecule has 1 aromatic carbocycles. The number of hydrogen-bond acceptors (Lipinski definition) is 3. The van der Waals surface area contributed by atoms with Gasteiger partial charge in [-0.25, -0.2) is 8.42 Å². The van der Waals surface area contributed by atoms with Gasteiger partial charge in [-0.1, -0.05) is 18.8 Å². The van der Waals surface area contributed by atoms with Crippen LogP contribution in [0.25, 0.3) is 0 Å². The normalized spacial score (nSPS) is 11.6. The molecule has 0 bridgehead atoms. The first-order chi connectivity index (χ1) is 9.34. The van der Waals surface area contributed by atoms with Gasteiger partial charge in [-0.05, 0) is 44.5 Å². The molecule has 0 spiro atoms. The van der Waals surface area contributed by atoms with Crippen molar-refractivity contribution in [3.8, 4) is 11.8 Å². The number of hydrogen-bond donors (Lipinski definition) is 1. The van der Waals surface area contributed by atoms with Crippen LogP contribution in [0.4, 0.5) is 0 Å². The Hall–Kier alpha value is -1.35. The van der Waals surface area contributed by atoms with E-state index in [1.54, 1.807) is 18.2 Å². The van der Waals surface area contributed by atoms with E-state index in [2.05, 4.69) is 11.8 Å². The zero-order valence-electron chi connectivity index (χ0n) is 12.5. The minimum absolute atomic E-state index is 0.0676. The fourth-order valence-corrected chi connectivity index (χ4v) is 3.76. The molecule has 1 aromatic rings. The average Bonchev–Trinajstić information content (AvgIpc) is 2.37. The minimum atomic E-state index is -3.45. The van der Waals surface area contributed by atoms with Gasteiger partial charge < -0.3 is 5.73 Å². The van der Waals surface area contributed by atoms with E-state index in [-0.39, 0.29) is 12.6 Å². The van der Waals surface area contributed by atoms with Gasteiger partial charge in [0.25, 0.3) is 0 Å². The summed E-state index contributed by atoms with van der Waals surface area (Å²) in [5.41, 5.74) is 6.99. The third kappa shape index (κ3) is 3.60. The molecule has 0 amide bonds. The van der Waals surface area contributed by atoms with Crippen LogP contribution in [0.3, 0.4) is 0 Å². The molecule has 0 aliphatic carbocycles. The maximum atomic E-state index is 12.6. The van der Waals surface area contributed by atoms with Crippen molar-refractivity contribution in [3.05, 3.63) is 29.3 Å². The molecule has 0 aliphatic heterocycles. The Morgan fingerprint density at radius 1 is 1.35 bits per heavy atom. The molecule has 20 heavy (non-hydrogen) atoms.